The lowest BCUT2D eigenvalue weighted by Gasteiger charge is -2.31. The van der Waals surface area contributed by atoms with E-state index in [0.717, 1.165) is 11.6 Å². The molecule has 0 saturated carbocycles. The minimum absolute atomic E-state index is 0.145. The van der Waals surface area contributed by atoms with Gasteiger partial charge in [0.25, 0.3) is 0 Å². The molecule has 3 aromatic rings. The number of thiocarbonyl (C=S) groups is 1. The number of carbonyl (C=O) groups excluding carboxylic acids is 1. The summed E-state index contributed by atoms with van der Waals surface area (Å²) in [5.41, 5.74) is 2.55. The fourth-order valence-corrected chi connectivity index (χ4v) is 4.30. The summed E-state index contributed by atoms with van der Waals surface area (Å²) in [6.45, 7) is 0.461. The number of ether oxygens (including phenoxy) is 1. The SMILES string of the molecule is O=C(Cn1c2c(c3c(F)cc(F)cc31)CCN(Cc1ccccc1)C2=S)OCCO. The Morgan fingerprint density at radius 2 is 1.97 bits per heavy atom. The molecule has 1 N–H and O–H groups in total. The Morgan fingerprint density at radius 1 is 1.20 bits per heavy atom. The van der Waals surface area contributed by atoms with E-state index < -0.39 is 17.6 Å². The van der Waals surface area contributed by atoms with Crippen LogP contribution in [0.2, 0.25) is 0 Å². The number of aliphatic hydroxyl groups excluding tert-OH is 1. The van der Waals surface area contributed by atoms with E-state index in [0.29, 0.717) is 35.8 Å². The van der Waals surface area contributed by atoms with Gasteiger partial charge in [0, 0.05) is 24.5 Å². The molecule has 8 heteroatoms. The maximum absolute atomic E-state index is 14.7. The summed E-state index contributed by atoms with van der Waals surface area (Å²) >= 11 is 5.72. The molecule has 0 saturated heterocycles. The molecular formula is C22H20F2N2O3S. The van der Waals surface area contributed by atoms with Gasteiger partial charge >= 0.3 is 5.97 Å². The monoisotopic (exact) mass is 430 g/mol. The molecule has 1 aliphatic rings. The first-order valence-corrected chi connectivity index (χ1v) is 10.00. The van der Waals surface area contributed by atoms with Crippen LogP contribution in [0.1, 0.15) is 16.8 Å². The van der Waals surface area contributed by atoms with E-state index in [1.54, 1.807) is 0 Å². The molecule has 0 amide bonds. The van der Waals surface area contributed by atoms with E-state index in [-0.39, 0.29) is 30.7 Å². The van der Waals surface area contributed by atoms with Crippen molar-refractivity contribution in [3.05, 3.63) is 70.9 Å². The second-order valence-electron chi connectivity index (χ2n) is 7.10. The maximum Gasteiger partial charge on any atom is 0.326 e. The molecule has 5 nitrogen and oxygen atoms in total. The average molecular weight is 430 g/mol. The number of rotatable bonds is 6. The van der Waals surface area contributed by atoms with Crippen LogP contribution < -0.4 is 0 Å². The van der Waals surface area contributed by atoms with E-state index in [9.17, 15) is 13.6 Å². The predicted molar refractivity (Wildman–Crippen MR) is 112 cm³/mol. The van der Waals surface area contributed by atoms with Crippen molar-refractivity contribution in [2.24, 2.45) is 0 Å². The van der Waals surface area contributed by atoms with Crippen LogP contribution in [0.3, 0.4) is 0 Å². The predicted octanol–water partition coefficient (Wildman–Crippen LogP) is 3.19. The van der Waals surface area contributed by atoms with E-state index in [4.69, 9.17) is 22.1 Å². The van der Waals surface area contributed by atoms with Gasteiger partial charge < -0.3 is 19.3 Å². The van der Waals surface area contributed by atoms with Gasteiger partial charge in [0.2, 0.25) is 0 Å². The number of hydrogen-bond donors (Lipinski definition) is 1. The Hall–Kier alpha value is -2.84. The fraction of sp³-hybridized carbons (Fsp3) is 0.273. The standard InChI is InChI=1S/C22H20F2N2O3S/c23-15-10-17(24)20-16-6-7-25(12-14-4-2-1-3-5-14)22(30)21(16)26(18(20)11-15)13-19(28)29-9-8-27/h1-5,10-11,27H,6-9,12-13H2. The summed E-state index contributed by atoms with van der Waals surface area (Å²) in [5, 5.41) is 9.16. The number of benzene rings is 2. The third kappa shape index (κ3) is 3.80. The highest BCUT2D eigenvalue weighted by Crippen LogP contribution is 2.34. The van der Waals surface area contributed by atoms with Crippen molar-refractivity contribution < 1.29 is 23.4 Å². The number of esters is 1. The first kappa shape index (κ1) is 20.4. The van der Waals surface area contributed by atoms with Gasteiger partial charge in [-0.2, -0.15) is 0 Å². The minimum Gasteiger partial charge on any atom is -0.462 e. The van der Waals surface area contributed by atoms with Crippen LogP contribution in [0.25, 0.3) is 10.9 Å². The van der Waals surface area contributed by atoms with E-state index in [1.807, 2.05) is 35.2 Å². The van der Waals surface area contributed by atoms with Crippen molar-refractivity contribution in [3.63, 3.8) is 0 Å². The van der Waals surface area contributed by atoms with E-state index in [1.165, 1.54) is 10.6 Å². The molecule has 0 fully saturated rings. The normalized spacial score (nSPS) is 13.6. The van der Waals surface area contributed by atoms with E-state index >= 15 is 0 Å². The maximum atomic E-state index is 14.7. The molecule has 0 spiro atoms. The summed E-state index contributed by atoms with van der Waals surface area (Å²) in [5.74, 6) is -2.02. The second kappa shape index (κ2) is 8.49. The first-order valence-electron chi connectivity index (χ1n) is 9.59. The average Bonchev–Trinajstić information content (AvgIpc) is 3.03. The molecule has 30 heavy (non-hydrogen) atoms. The van der Waals surface area contributed by atoms with Crippen molar-refractivity contribution in [2.75, 3.05) is 19.8 Å². The van der Waals surface area contributed by atoms with Crippen LogP contribution in [0.5, 0.6) is 0 Å². The highest BCUT2D eigenvalue weighted by atomic mass is 32.1. The fourth-order valence-electron chi connectivity index (χ4n) is 3.91. The first-order chi connectivity index (χ1) is 14.5. The van der Waals surface area contributed by atoms with Gasteiger partial charge in [-0.05, 0) is 23.6 Å². The molecule has 0 unspecified atom stereocenters. The Labute approximate surface area is 177 Å². The summed E-state index contributed by atoms with van der Waals surface area (Å²) in [4.78, 5) is 14.7. The van der Waals surface area contributed by atoms with Gasteiger partial charge in [0.15, 0.2) is 0 Å². The smallest absolute Gasteiger partial charge is 0.326 e. The largest absolute Gasteiger partial charge is 0.462 e. The zero-order valence-electron chi connectivity index (χ0n) is 16.1. The van der Waals surface area contributed by atoms with Gasteiger partial charge in [0.1, 0.15) is 29.8 Å². The van der Waals surface area contributed by atoms with Gasteiger partial charge in [-0.1, -0.05) is 42.5 Å². The summed E-state index contributed by atoms with van der Waals surface area (Å²) in [7, 11) is 0. The zero-order valence-corrected chi connectivity index (χ0v) is 16.9. The molecular weight excluding hydrogens is 410 g/mol. The van der Waals surface area contributed by atoms with Crippen molar-refractivity contribution in [2.45, 2.75) is 19.5 Å². The van der Waals surface area contributed by atoms with Gasteiger partial charge in [0.05, 0.1) is 17.8 Å². The topological polar surface area (TPSA) is 54.7 Å². The van der Waals surface area contributed by atoms with Gasteiger partial charge in [-0.15, -0.1) is 0 Å². The molecule has 0 aliphatic carbocycles. The summed E-state index contributed by atoms with van der Waals surface area (Å²) < 4.78 is 35.2. The van der Waals surface area contributed by atoms with Crippen LogP contribution in [0, 0.1) is 11.6 Å². The molecule has 2 aromatic carbocycles. The van der Waals surface area contributed by atoms with Crippen LogP contribution in [-0.2, 0) is 29.0 Å². The highest BCUT2D eigenvalue weighted by Gasteiger charge is 2.31. The zero-order chi connectivity index (χ0) is 21.3. The second-order valence-corrected chi connectivity index (χ2v) is 7.49. The Morgan fingerprint density at radius 3 is 2.70 bits per heavy atom. The molecule has 0 radical (unpaired) electrons. The molecule has 0 atom stereocenters. The molecule has 0 bridgehead atoms. The lowest BCUT2D eigenvalue weighted by Crippen LogP contribution is -2.38. The highest BCUT2D eigenvalue weighted by molar-refractivity contribution is 7.80. The van der Waals surface area contributed by atoms with Crippen LogP contribution in [-0.4, -0.2) is 45.3 Å². The lowest BCUT2D eigenvalue weighted by molar-refractivity contribution is -0.145. The molecule has 4 rings (SSSR count). The molecule has 1 aliphatic heterocycles. The molecule has 156 valence electrons. The quantitative estimate of drug-likeness (QED) is 0.481. The van der Waals surface area contributed by atoms with Crippen molar-refractivity contribution >= 4 is 34.1 Å². The summed E-state index contributed by atoms with van der Waals surface area (Å²) in [6.07, 6.45) is 0.514. The van der Waals surface area contributed by atoms with Crippen molar-refractivity contribution in [1.29, 1.82) is 0 Å². The van der Waals surface area contributed by atoms with Crippen molar-refractivity contribution in [1.82, 2.24) is 9.47 Å². The Balaban J connectivity index is 1.78. The number of nitrogens with zero attached hydrogens (tertiary/aromatic N) is 2. The van der Waals surface area contributed by atoms with Gasteiger partial charge in [-0.3, -0.25) is 4.79 Å². The van der Waals surface area contributed by atoms with E-state index in [2.05, 4.69) is 0 Å². The number of hydrogen-bond acceptors (Lipinski definition) is 4. The number of fused-ring (bicyclic) bond motifs is 3. The number of aliphatic hydroxyl groups is 1. The molecule has 1 aromatic heterocycles. The van der Waals surface area contributed by atoms with Crippen LogP contribution in [0.4, 0.5) is 8.78 Å². The van der Waals surface area contributed by atoms with Crippen molar-refractivity contribution in [3.8, 4) is 0 Å². The third-order valence-electron chi connectivity index (χ3n) is 5.16. The molecule has 2 heterocycles. The van der Waals surface area contributed by atoms with Crippen LogP contribution in [0.15, 0.2) is 42.5 Å². The van der Waals surface area contributed by atoms with Crippen LogP contribution >= 0.6 is 12.2 Å². The third-order valence-corrected chi connectivity index (χ3v) is 5.61. The minimum atomic E-state index is -0.730. The Kier molecular flexibility index (Phi) is 5.78. The van der Waals surface area contributed by atoms with Gasteiger partial charge in [-0.25, -0.2) is 8.78 Å². The number of halogens is 2. The number of aromatic nitrogens is 1. The lowest BCUT2D eigenvalue weighted by atomic mass is 10.0. The summed E-state index contributed by atoms with van der Waals surface area (Å²) in [6, 6.07) is 11.9. The Bertz CT molecular complexity index is 1110. The number of carbonyl (C=O) groups is 1.